The normalized spacial score (nSPS) is 11.0. The van der Waals surface area contributed by atoms with Crippen LogP contribution in [-0.4, -0.2) is 53.9 Å². The maximum Gasteiger partial charge on any atom is 0.257 e. The third-order valence-corrected chi connectivity index (χ3v) is 6.58. The van der Waals surface area contributed by atoms with E-state index in [0.717, 1.165) is 34.5 Å². The van der Waals surface area contributed by atoms with Crippen molar-refractivity contribution in [1.82, 2.24) is 14.9 Å². The van der Waals surface area contributed by atoms with Gasteiger partial charge < -0.3 is 25.3 Å². The first-order chi connectivity index (χ1) is 19.4. The molecule has 0 aliphatic heterocycles. The number of nitrogens with zero attached hydrogens (tertiary/aromatic N) is 2. The van der Waals surface area contributed by atoms with Gasteiger partial charge in [-0.2, -0.15) is 0 Å². The molecule has 0 fully saturated rings. The first-order valence-corrected chi connectivity index (χ1v) is 13.1. The number of H-pyrrole nitrogens is 1. The van der Waals surface area contributed by atoms with Crippen LogP contribution in [0.1, 0.15) is 20.7 Å². The van der Waals surface area contributed by atoms with Gasteiger partial charge in [-0.3, -0.25) is 9.59 Å². The highest BCUT2D eigenvalue weighted by molar-refractivity contribution is 6.34. The summed E-state index contributed by atoms with van der Waals surface area (Å²) in [7, 11) is 4.01. The average molecular weight is 554 g/mol. The number of pyridine rings is 1. The minimum absolute atomic E-state index is 0.233. The third-order valence-electron chi connectivity index (χ3n) is 6.25. The Morgan fingerprint density at radius 2 is 1.70 bits per heavy atom. The Morgan fingerprint density at radius 3 is 2.50 bits per heavy atom. The summed E-state index contributed by atoms with van der Waals surface area (Å²) in [6.07, 6.45) is 3.34. The quantitative estimate of drug-likeness (QED) is 0.198. The molecule has 0 bridgehead atoms. The van der Waals surface area contributed by atoms with Crippen LogP contribution in [0.15, 0.2) is 91.3 Å². The second-order valence-corrected chi connectivity index (χ2v) is 9.91. The van der Waals surface area contributed by atoms with Crippen molar-refractivity contribution in [2.24, 2.45) is 0 Å². The Labute approximate surface area is 237 Å². The highest BCUT2D eigenvalue weighted by Crippen LogP contribution is 2.26. The summed E-state index contributed by atoms with van der Waals surface area (Å²) < 4.78 is 5.84. The van der Waals surface area contributed by atoms with Crippen LogP contribution >= 0.6 is 11.6 Å². The predicted octanol–water partition coefficient (Wildman–Crippen LogP) is 6.33. The van der Waals surface area contributed by atoms with Gasteiger partial charge in [-0.25, -0.2) is 4.98 Å². The fourth-order valence-corrected chi connectivity index (χ4v) is 4.32. The Balaban J connectivity index is 1.25. The highest BCUT2D eigenvalue weighted by atomic mass is 35.5. The number of ether oxygens (including phenoxy) is 1. The van der Waals surface area contributed by atoms with Crippen molar-refractivity contribution in [3.05, 3.63) is 107 Å². The van der Waals surface area contributed by atoms with E-state index in [0.29, 0.717) is 23.5 Å². The summed E-state index contributed by atoms with van der Waals surface area (Å²) in [6, 6.07) is 23.6. The summed E-state index contributed by atoms with van der Waals surface area (Å²) >= 11 is 6.31. The molecule has 0 aliphatic rings. The minimum atomic E-state index is -0.407. The van der Waals surface area contributed by atoms with Crippen molar-refractivity contribution in [3.8, 4) is 16.9 Å². The molecule has 3 aromatic carbocycles. The van der Waals surface area contributed by atoms with E-state index in [1.165, 1.54) is 0 Å². The van der Waals surface area contributed by atoms with E-state index in [9.17, 15) is 9.59 Å². The molecular formula is C31H28ClN5O3. The summed E-state index contributed by atoms with van der Waals surface area (Å²) in [5.74, 6) is 0.0863. The Morgan fingerprint density at radius 1 is 0.900 bits per heavy atom. The van der Waals surface area contributed by atoms with Gasteiger partial charge >= 0.3 is 0 Å². The number of anilines is 2. The number of benzene rings is 3. The number of carbonyl (C=O) groups is 2. The van der Waals surface area contributed by atoms with E-state index < -0.39 is 5.91 Å². The number of amides is 2. The van der Waals surface area contributed by atoms with Crippen LogP contribution in [0.2, 0.25) is 5.02 Å². The van der Waals surface area contributed by atoms with Crippen LogP contribution in [-0.2, 0) is 0 Å². The summed E-state index contributed by atoms with van der Waals surface area (Å²) in [6.45, 7) is 1.43. The number of hydrogen-bond acceptors (Lipinski definition) is 5. The lowest BCUT2D eigenvalue weighted by Crippen LogP contribution is -2.19. The number of carbonyl (C=O) groups excluding carboxylic acids is 2. The number of likely N-dealkylation sites (N-methyl/N-ethyl adjacent to an activating group) is 1. The van der Waals surface area contributed by atoms with E-state index in [-0.39, 0.29) is 16.5 Å². The fourth-order valence-electron chi connectivity index (χ4n) is 4.11. The zero-order valence-electron chi connectivity index (χ0n) is 22.1. The average Bonchev–Trinajstić information content (AvgIpc) is 3.42. The fraction of sp³-hybridized carbons (Fsp3) is 0.129. The second kappa shape index (κ2) is 12.0. The molecule has 2 heterocycles. The molecule has 0 saturated heterocycles. The standard InChI is InChI=1S/C31H28ClN5O3/c1-37(2)14-15-40-26-5-3-4-22(17-26)20-6-8-21(9-7-20)30(38)35-24-10-11-28(32)27(18-24)31(39)36-25-16-23-12-13-33-29(23)34-19-25/h3-13,16-19H,14-15H2,1-2H3,(H,33,34)(H,35,38)(H,36,39). The number of rotatable bonds is 9. The monoisotopic (exact) mass is 553 g/mol. The van der Waals surface area contributed by atoms with Crippen LogP contribution in [0.4, 0.5) is 11.4 Å². The zero-order chi connectivity index (χ0) is 28.1. The molecule has 2 amide bonds. The molecule has 202 valence electrons. The molecule has 3 N–H and O–H groups in total. The van der Waals surface area contributed by atoms with Gasteiger partial charge in [-0.15, -0.1) is 0 Å². The van der Waals surface area contributed by atoms with Gasteiger partial charge in [0.25, 0.3) is 11.8 Å². The number of hydrogen-bond donors (Lipinski definition) is 3. The van der Waals surface area contributed by atoms with Gasteiger partial charge in [0.05, 0.1) is 22.5 Å². The molecule has 9 heteroatoms. The van der Waals surface area contributed by atoms with Gasteiger partial charge in [-0.1, -0.05) is 35.9 Å². The van der Waals surface area contributed by atoms with Crippen LogP contribution < -0.4 is 15.4 Å². The largest absolute Gasteiger partial charge is 0.492 e. The van der Waals surface area contributed by atoms with Gasteiger partial charge in [-0.05, 0) is 79.8 Å². The molecule has 0 spiro atoms. The Bertz CT molecular complexity index is 1660. The summed E-state index contributed by atoms with van der Waals surface area (Å²) in [5, 5.41) is 6.80. The van der Waals surface area contributed by atoms with E-state index in [4.69, 9.17) is 16.3 Å². The SMILES string of the molecule is CN(C)CCOc1cccc(-c2ccc(C(=O)Nc3ccc(Cl)c(C(=O)Nc4cnc5[nH]ccc5c4)c3)cc2)c1. The van der Waals surface area contributed by atoms with Crippen LogP contribution in [0.5, 0.6) is 5.75 Å². The van der Waals surface area contributed by atoms with Crippen molar-refractivity contribution in [1.29, 1.82) is 0 Å². The maximum atomic E-state index is 13.0. The number of fused-ring (bicyclic) bond motifs is 1. The number of halogens is 1. The van der Waals surface area contributed by atoms with E-state index >= 15 is 0 Å². The van der Waals surface area contributed by atoms with Crippen molar-refractivity contribution in [3.63, 3.8) is 0 Å². The topological polar surface area (TPSA) is 99.3 Å². The number of aromatic amines is 1. The lowest BCUT2D eigenvalue weighted by atomic mass is 10.0. The summed E-state index contributed by atoms with van der Waals surface area (Å²) in [4.78, 5) is 35.3. The summed E-state index contributed by atoms with van der Waals surface area (Å²) in [5.41, 5.74) is 4.39. The Hall–Kier alpha value is -4.66. The van der Waals surface area contributed by atoms with Crippen LogP contribution in [0, 0.1) is 0 Å². The predicted molar refractivity (Wildman–Crippen MR) is 159 cm³/mol. The van der Waals surface area contributed by atoms with E-state index in [2.05, 4.69) is 25.5 Å². The molecule has 0 unspecified atom stereocenters. The third kappa shape index (κ3) is 6.48. The van der Waals surface area contributed by atoms with Crippen molar-refractivity contribution >= 4 is 45.8 Å². The van der Waals surface area contributed by atoms with Crippen LogP contribution in [0.25, 0.3) is 22.2 Å². The van der Waals surface area contributed by atoms with Gasteiger partial charge in [0.15, 0.2) is 0 Å². The molecule has 2 aromatic heterocycles. The van der Waals surface area contributed by atoms with Crippen LogP contribution in [0.3, 0.4) is 0 Å². The van der Waals surface area contributed by atoms with Crippen molar-refractivity contribution in [2.45, 2.75) is 0 Å². The molecule has 5 rings (SSSR count). The molecular weight excluding hydrogens is 526 g/mol. The van der Waals surface area contributed by atoms with E-state index in [1.807, 2.05) is 62.6 Å². The molecule has 0 radical (unpaired) electrons. The first-order valence-electron chi connectivity index (χ1n) is 12.7. The molecule has 5 aromatic rings. The van der Waals surface area contributed by atoms with Crippen molar-refractivity contribution < 1.29 is 14.3 Å². The molecule has 0 aliphatic carbocycles. The van der Waals surface area contributed by atoms with Gasteiger partial charge in [0, 0.05) is 29.4 Å². The molecule has 0 saturated carbocycles. The highest BCUT2D eigenvalue weighted by Gasteiger charge is 2.14. The number of aromatic nitrogens is 2. The van der Waals surface area contributed by atoms with Crippen molar-refractivity contribution in [2.75, 3.05) is 37.9 Å². The smallest absolute Gasteiger partial charge is 0.257 e. The van der Waals surface area contributed by atoms with E-state index in [1.54, 1.807) is 42.7 Å². The number of nitrogens with one attached hydrogen (secondary N) is 3. The first kappa shape index (κ1) is 26.9. The molecule has 0 atom stereocenters. The van der Waals surface area contributed by atoms with Gasteiger partial charge in [0.1, 0.15) is 18.0 Å². The Kier molecular flexibility index (Phi) is 8.10. The van der Waals surface area contributed by atoms with Gasteiger partial charge in [0.2, 0.25) is 0 Å². The molecule has 8 nitrogen and oxygen atoms in total. The maximum absolute atomic E-state index is 13.0. The lowest BCUT2D eigenvalue weighted by molar-refractivity contribution is 0.101. The molecule has 40 heavy (non-hydrogen) atoms. The zero-order valence-corrected chi connectivity index (χ0v) is 22.8. The second-order valence-electron chi connectivity index (χ2n) is 9.50. The minimum Gasteiger partial charge on any atom is -0.492 e. The lowest BCUT2D eigenvalue weighted by Gasteiger charge is -2.12.